The number of aromatic nitrogens is 2. The van der Waals surface area contributed by atoms with E-state index in [4.69, 9.17) is 0 Å². The third-order valence-corrected chi connectivity index (χ3v) is 3.71. The Kier molecular flexibility index (Phi) is 5.27. The molecule has 0 spiro atoms. The highest BCUT2D eigenvalue weighted by Crippen LogP contribution is 2.13. The fourth-order valence-electron chi connectivity index (χ4n) is 2.14. The summed E-state index contributed by atoms with van der Waals surface area (Å²) in [5, 5.41) is 16.8. The van der Waals surface area contributed by atoms with Crippen LogP contribution in [-0.2, 0) is 18.3 Å². The number of aliphatic hydroxyl groups excluding tert-OH is 1. The first-order valence-electron chi connectivity index (χ1n) is 7.15. The molecule has 2 rings (SSSR count). The molecule has 0 radical (unpaired) electrons. The van der Waals surface area contributed by atoms with Gasteiger partial charge < -0.3 is 10.4 Å². The quantitative estimate of drug-likeness (QED) is 0.853. The number of hydrogen-bond acceptors (Lipinski definition) is 3. The van der Waals surface area contributed by atoms with E-state index < -0.39 is 6.10 Å². The molecular weight excluding hydrogens is 285 g/mol. The maximum atomic E-state index is 12.8. The van der Waals surface area contributed by atoms with Crippen LogP contribution in [0.1, 0.15) is 29.3 Å². The normalized spacial score (nSPS) is 12.2. The molecular formula is C16H20FN3O2. The van der Waals surface area contributed by atoms with E-state index in [0.29, 0.717) is 18.4 Å². The molecule has 2 N–H and O–H groups in total. The first kappa shape index (κ1) is 16.2. The van der Waals surface area contributed by atoms with Crippen molar-refractivity contribution in [2.75, 3.05) is 6.54 Å². The highest BCUT2D eigenvalue weighted by Gasteiger charge is 2.11. The molecule has 1 amide bonds. The first-order chi connectivity index (χ1) is 10.5. The van der Waals surface area contributed by atoms with Crippen LogP contribution in [0.4, 0.5) is 4.39 Å². The van der Waals surface area contributed by atoms with Crippen molar-refractivity contribution in [2.45, 2.75) is 25.9 Å². The highest BCUT2D eigenvalue weighted by atomic mass is 19.1. The first-order valence-corrected chi connectivity index (χ1v) is 7.15. The lowest BCUT2D eigenvalue weighted by Gasteiger charge is -2.12. The second-order valence-electron chi connectivity index (χ2n) is 5.25. The lowest BCUT2D eigenvalue weighted by atomic mass is 10.1. The van der Waals surface area contributed by atoms with Crippen LogP contribution in [0.5, 0.6) is 0 Å². The average Bonchev–Trinajstić information content (AvgIpc) is 2.83. The molecule has 22 heavy (non-hydrogen) atoms. The SMILES string of the molecule is Cc1c(CCC(=O)NCC(O)c2ccc(F)cc2)cnn1C. The van der Waals surface area contributed by atoms with Gasteiger partial charge in [0.1, 0.15) is 5.82 Å². The molecule has 1 aromatic heterocycles. The van der Waals surface area contributed by atoms with Gasteiger partial charge in [0.15, 0.2) is 0 Å². The summed E-state index contributed by atoms with van der Waals surface area (Å²) in [5.74, 6) is -0.490. The van der Waals surface area contributed by atoms with E-state index in [-0.39, 0.29) is 18.3 Å². The highest BCUT2D eigenvalue weighted by molar-refractivity contribution is 5.76. The number of nitrogens with zero attached hydrogens (tertiary/aromatic N) is 2. The number of benzene rings is 1. The van der Waals surface area contributed by atoms with Crippen LogP contribution in [0.25, 0.3) is 0 Å². The standard InChI is InChI=1S/C16H20FN3O2/c1-11-13(9-19-20(11)2)5-8-16(22)18-10-15(21)12-3-6-14(17)7-4-12/h3-4,6-7,9,15,21H,5,8,10H2,1-2H3,(H,18,22). The van der Waals surface area contributed by atoms with Gasteiger partial charge in [-0.2, -0.15) is 5.10 Å². The summed E-state index contributed by atoms with van der Waals surface area (Å²) in [4.78, 5) is 11.8. The van der Waals surface area contributed by atoms with Crippen LogP contribution < -0.4 is 5.32 Å². The number of rotatable bonds is 6. The minimum atomic E-state index is -0.843. The molecule has 6 heteroatoms. The Hall–Kier alpha value is -2.21. The van der Waals surface area contributed by atoms with Crippen molar-refractivity contribution in [3.8, 4) is 0 Å². The zero-order chi connectivity index (χ0) is 16.1. The molecule has 0 saturated carbocycles. The second-order valence-corrected chi connectivity index (χ2v) is 5.25. The molecule has 0 aliphatic heterocycles. The van der Waals surface area contributed by atoms with Gasteiger partial charge in [-0.1, -0.05) is 12.1 Å². The number of amides is 1. The minimum Gasteiger partial charge on any atom is -0.387 e. The third-order valence-electron chi connectivity index (χ3n) is 3.71. The van der Waals surface area contributed by atoms with Gasteiger partial charge in [-0.3, -0.25) is 9.48 Å². The Morgan fingerprint density at radius 2 is 2.09 bits per heavy atom. The van der Waals surface area contributed by atoms with Crippen molar-refractivity contribution in [3.63, 3.8) is 0 Å². The number of nitrogens with one attached hydrogen (secondary N) is 1. The summed E-state index contributed by atoms with van der Waals surface area (Å²) in [6.45, 7) is 2.06. The third kappa shape index (κ3) is 4.14. The van der Waals surface area contributed by atoms with Crippen molar-refractivity contribution in [3.05, 3.63) is 53.1 Å². The Morgan fingerprint density at radius 3 is 2.68 bits per heavy atom. The Morgan fingerprint density at radius 1 is 1.41 bits per heavy atom. The Bertz CT molecular complexity index is 637. The van der Waals surface area contributed by atoms with Gasteiger partial charge >= 0.3 is 0 Å². The van der Waals surface area contributed by atoms with Crippen molar-refractivity contribution in [1.29, 1.82) is 0 Å². The number of halogens is 1. The Balaban J connectivity index is 1.77. The zero-order valence-electron chi connectivity index (χ0n) is 12.7. The van der Waals surface area contributed by atoms with Gasteiger partial charge in [-0.05, 0) is 36.6 Å². The predicted octanol–water partition coefficient (Wildman–Crippen LogP) is 1.65. The number of aryl methyl sites for hydroxylation is 2. The fourth-order valence-corrected chi connectivity index (χ4v) is 2.14. The van der Waals surface area contributed by atoms with Crippen molar-refractivity contribution < 1.29 is 14.3 Å². The second kappa shape index (κ2) is 7.17. The molecule has 0 fully saturated rings. The molecule has 5 nitrogen and oxygen atoms in total. The van der Waals surface area contributed by atoms with Crippen LogP contribution in [0.3, 0.4) is 0 Å². The topological polar surface area (TPSA) is 67.2 Å². The van der Waals surface area contributed by atoms with Crippen LogP contribution >= 0.6 is 0 Å². The molecule has 118 valence electrons. The summed E-state index contributed by atoms with van der Waals surface area (Å²) < 4.78 is 14.6. The monoisotopic (exact) mass is 305 g/mol. The van der Waals surface area contributed by atoms with Gasteiger partial charge in [0.05, 0.1) is 12.3 Å². The molecule has 1 atom stereocenters. The fraction of sp³-hybridized carbons (Fsp3) is 0.375. The van der Waals surface area contributed by atoms with Gasteiger partial charge in [-0.15, -0.1) is 0 Å². The maximum absolute atomic E-state index is 12.8. The summed E-state index contributed by atoms with van der Waals surface area (Å²) in [6.07, 6.45) is 1.86. The maximum Gasteiger partial charge on any atom is 0.220 e. The molecule has 0 aliphatic carbocycles. The molecule has 0 bridgehead atoms. The van der Waals surface area contributed by atoms with Crippen molar-refractivity contribution in [1.82, 2.24) is 15.1 Å². The Labute approximate surface area is 128 Å². The molecule has 0 saturated heterocycles. The number of hydrogen-bond donors (Lipinski definition) is 2. The van der Waals surface area contributed by atoms with Gasteiger partial charge in [-0.25, -0.2) is 4.39 Å². The van der Waals surface area contributed by atoms with E-state index in [9.17, 15) is 14.3 Å². The van der Waals surface area contributed by atoms with Crippen LogP contribution in [0, 0.1) is 12.7 Å². The van der Waals surface area contributed by atoms with E-state index in [1.807, 2.05) is 14.0 Å². The largest absolute Gasteiger partial charge is 0.387 e. The van der Waals surface area contributed by atoms with Crippen molar-refractivity contribution >= 4 is 5.91 Å². The van der Waals surface area contributed by atoms with Crippen LogP contribution in [-0.4, -0.2) is 27.3 Å². The van der Waals surface area contributed by atoms with Crippen LogP contribution in [0.15, 0.2) is 30.5 Å². The van der Waals surface area contributed by atoms with E-state index >= 15 is 0 Å². The summed E-state index contributed by atoms with van der Waals surface area (Å²) in [5.41, 5.74) is 2.65. The molecule has 1 heterocycles. The lowest BCUT2D eigenvalue weighted by Crippen LogP contribution is -2.28. The average molecular weight is 305 g/mol. The molecule has 0 aliphatic rings. The smallest absolute Gasteiger partial charge is 0.220 e. The summed E-state index contributed by atoms with van der Waals surface area (Å²) in [6, 6.07) is 5.58. The lowest BCUT2D eigenvalue weighted by molar-refractivity contribution is -0.121. The van der Waals surface area contributed by atoms with Crippen LogP contribution in [0.2, 0.25) is 0 Å². The molecule has 2 aromatic rings. The molecule has 1 aromatic carbocycles. The van der Waals surface area contributed by atoms with E-state index in [1.165, 1.54) is 24.3 Å². The van der Waals surface area contributed by atoms with Gasteiger partial charge in [0.2, 0.25) is 5.91 Å². The summed E-state index contributed by atoms with van der Waals surface area (Å²) in [7, 11) is 1.86. The molecule has 1 unspecified atom stereocenters. The minimum absolute atomic E-state index is 0.108. The van der Waals surface area contributed by atoms with Crippen molar-refractivity contribution in [2.24, 2.45) is 7.05 Å². The van der Waals surface area contributed by atoms with Gasteiger partial charge in [0, 0.05) is 25.7 Å². The van der Waals surface area contributed by atoms with Gasteiger partial charge in [0.25, 0.3) is 0 Å². The summed E-state index contributed by atoms with van der Waals surface area (Å²) >= 11 is 0. The van der Waals surface area contributed by atoms with E-state index in [0.717, 1.165) is 11.3 Å². The number of aliphatic hydroxyl groups is 1. The number of carbonyl (C=O) groups excluding carboxylic acids is 1. The van der Waals surface area contributed by atoms with E-state index in [2.05, 4.69) is 10.4 Å². The zero-order valence-corrected chi connectivity index (χ0v) is 12.7. The number of carbonyl (C=O) groups is 1. The van der Waals surface area contributed by atoms with E-state index in [1.54, 1.807) is 10.9 Å². The predicted molar refractivity (Wildman–Crippen MR) is 80.6 cm³/mol.